The maximum atomic E-state index is 12.6. The molecule has 5 rings (SSSR count). The number of anilines is 2. The first kappa shape index (κ1) is 66.3. The summed E-state index contributed by atoms with van der Waals surface area (Å²) in [6.45, 7) is 3.30. The van der Waals surface area contributed by atoms with Gasteiger partial charge in [-0.15, -0.1) is 4.91 Å². The predicted molar refractivity (Wildman–Crippen MR) is 215 cm³/mol. The average molecular weight is 1050 g/mol. The molecule has 0 aromatic carbocycles. The first-order chi connectivity index (χ1) is 27.9. The van der Waals surface area contributed by atoms with Gasteiger partial charge in [-0.05, 0) is 50.3 Å². The van der Waals surface area contributed by atoms with E-state index in [9.17, 15) is 55.1 Å². The topological polar surface area (TPSA) is 317 Å². The number of hydrogen-bond donors (Lipinski definition) is 6. The molecular weight excluding hydrogens is 1020 g/mol. The van der Waals surface area contributed by atoms with Gasteiger partial charge in [-0.1, -0.05) is 61.4 Å². The molecule has 64 heavy (non-hydrogen) atoms. The quantitative estimate of drug-likeness (QED) is 0.0189. The number of carbonyl (C=O) groups is 6. The van der Waals surface area contributed by atoms with E-state index in [1.54, 1.807) is 6.92 Å². The van der Waals surface area contributed by atoms with E-state index in [2.05, 4.69) is 51.4 Å². The molecule has 3 aliphatic rings. The number of halogens is 9. The summed E-state index contributed by atoms with van der Waals surface area (Å²) in [6, 6.07) is 3.51. The Morgan fingerprint density at radius 1 is 0.734 bits per heavy atom. The van der Waals surface area contributed by atoms with Crippen molar-refractivity contribution in [2.75, 3.05) is 29.4 Å². The number of imide groups is 1. The van der Waals surface area contributed by atoms with Crippen LogP contribution in [0, 0.1) is 4.91 Å². The summed E-state index contributed by atoms with van der Waals surface area (Å²) in [6.07, 6.45) is -9.15. The Bertz CT molecular complexity index is 2090. The summed E-state index contributed by atoms with van der Waals surface area (Å²) in [7, 11) is 0. The number of carbonyl (C=O) groups excluding carboxylic acids is 6. The van der Waals surface area contributed by atoms with Crippen LogP contribution in [0.1, 0.15) is 54.2 Å². The van der Waals surface area contributed by atoms with Gasteiger partial charge in [0.25, 0.3) is 11.8 Å². The van der Waals surface area contributed by atoms with Crippen molar-refractivity contribution in [1.82, 2.24) is 20.5 Å². The minimum absolute atomic E-state index is 0. The number of nitrogen functional groups attached to an aromatic ring is 1. The number of hydrazine groups is 2. The van der Waals surface area contributed by atoms with Gasteiger partial charge in [0.15, 0.2) is 0 Å². The van der Waals surface area contributed by atoms with E-state index in [4.69, 9.17) is 49.7 Å². The molecule has 350 valence electrons. The van der Waals surface area contributed by atoms with E-state index in [1.807, 2.05) is 5.29 Å². The van der Waals surface area contributed by atoms with Gasteiger partial charge in [0, 0.05) is 22.0 Å². The van der Waals surface area contributed by atoms with E-state index in [-0.39, 0.29) is 108 Å². The maximum Gasteiger partial charge on any atom is 1.00 e. The van der Waals surface area contributed by atoms with Gasteiger partial charge in [-0.3, -0.25) is 25.8 Å². The molecule has 2 amide bonds. The molecule has 0 radical (unpaired) electrons. The Morgan fingerprint density at radius 3 is 1.39 bits per heavy atom. The molecule has 21 nitrogen and oxygen atoms in total. The number of cyclic esters (lactones) is 4. The van der Waals surface area contributed by atoms with Gasteiger partial charge in [0.05, 0.1) is 41.1 Å². The molecule has 3 aliphatic heterocycles. The van der Waals surface area contributed by atoms with Gasteiger partial charge in [-0.25, -0.2) is 35.0 Å². The average Bonchev–Trinajstić information content (AvgIpc) is 3.66. The molecule has 0 bridgehead atoms. The molecule has 0 unspecified atom stereocenters. The van der Waals surface area contributed by atoms with E-state index < -0.39 is 82.7 Å². The number of alkyl halides is 7. The fourth-order valence-electron chi connectivity index (χ4n) is 3.87. The molecule has 0 spiro atoms. The fraction of sp³-hybridized carbons (Fsp3) is 0.333. The Labute approximate surface area is 420 Å². The van der Waals surface area contributed by atoms with Crippen LogP contribution < -0.4 is 73.6 Å². The number of esters is 4. The second-order valence-electron chi connectivity index (χ2n) is 10.7. The van der Waals surface area contributed by atoms with Crippen molar-refractivity contribution in [3.8, 4) is 0 Å². The number of rotatable bonds is 8. The van der Waals surface area contributed by atoms with Crippen LogP contribution in [0.2, 0.25) is 10.3 Å². The Hall–Kier alpha value is -4.30. The summed E-state index contributed by atoms with van der Waals surface area (Å²) in [4.78, 5) is 81.7. The van der Waals surface area contributed by atoms with Crippen LogP contribution in [0.5, 0.6) is 0 Å². The molecular formula is C33H38BrCl2F6KN10O11. The van der Waals surface area contributed by atoms with Gasteiger partial charge < -0.3 is 30.6 Å². The standard InChI is InChI=1S/C12H9ClF3N3O3.C6H5BrO3.C6H5ClF3N3.C6H6O4.3CH4.K.HN4O/c1-5-6(4-20)11(22)19(10(5)21)18-8-3-2-7(9(13)17-8)12(14,15)16;1-3-4(2-7)6(9)10-5(3)8;7-5-3(6(8,9)10)1-2-4(12-5)13-11;1-3-4(2-7)6(9)10-5(3)8;;;;;1-2-3-4-5/h2-3,20H,4H2,1H3,(H,17,18);2H2,1H3;1-2H,11H2,(H,12,13);7H,2H2,1H3;3*1H4;;(H-,1,3,5)/q;;;;;;;+1;-1. The number of aromatic nitrogens is 2. The zero-order valence-corrected chi connectivity index (χ0v) is 37.4. The number of aliphatic hydroxyl groups excluding tert-OH is 2. The number of pyridine rings is 2. The van der Waals surface area contributed by atoms with Crippen LogP contribution >= 0.6 is 39.1 Å². The normalized spacial score (nSPS) is 13.9. The first-order valence-corrected chi connectivity index (χ1v) is 17.1. The third-order valence-corrected chi connectivity index (χ3v) is 8.17. The minimum atomic E-state index is -4.66. The van der Waals surface area contributed by atoms with E-state index in [0.717, 1.165) is 18.2 Å². The zero-order valence-electron chi connectivity index (χ0n) is 31.2. The summed E-state index contributed by atoms with van der Waals surface area (Å²) in [5.74, 6) is 0.812. The number of aliphatic hydroxyl groups is 2. The van der Waals surface area contributed by atoms with Crippen molar-refractivity contribution >= 4 is 86.5 Å². The van der Waals surface area contributed by atoms with E-state index >= 15 is 0 Å². The Morgan fingerprint density at radius 2 is 1.14 bits per heavy atom. The van der Waals surface area contributed by atoms with Gasteiger partial charge in [0.1, 0.15) is 21.9 Å². The smallest absolute Gasteiger partial charge is 0.391 e. The molecule has 0 saturated carbocycles. The summed E-state index contributed by atoms with van der Waals surface area (Å²) in [5.41, 5.74) is 11.9. The fourth-order valence-corrected chi connectivity index (χ4v) is 5.05. The summed E-state index contributed by atoms with van der Waals surface area (Å²) in [5, 5.41) is 21.1. The van der Waals surface area contributed by atoms with Gasteiger partial charge in [-0.2, -0.15) is 31.4 Å². The Balaban J connectivity index is -0.000000372. The van der Waals surface area contributed by atoms with Gasteiger partial charge in [0.2, 0.25) is 0 Å². The molecule has 0 fully saturated rings. The van der Waals surface area contributed by atoms with Crippen molar-refractivity contribution in [3.05, 3.63) is 89.6 Å². The Kier molecular flexibility index (Phi) is 31.1. The molecule has 7 N–H and O–H groups in total. The summed E-state index contributed by atoms with van der Waals surface area (Å²) >= 11 is 13.8. The third kappa shape index (κ3) is 18.7. The predicted octanol–water partition coefficient (Wildman–Crippen LogP) is 3.06. The van der Waals surface area contributed by atoms with Crippen LogP contribution in [0.3, 0.4) is 0 Å². The second-order valence-corrected chi connectivity index (χ2v) is 11.9. The second kappa shape index (κ2) is 30.0. The van der Waals surface area contributed by atoms with Crippen molar-refractivity contribution in [2.24, 2.45) is 16.4 Å². The molecule has 2 aromatic heterocycles. The molecule has 0 aliphatic carbocycles. The number of ether oxygens (including phenoxy) is 2. The zero-order chi connectivity index (χ0) is 46.3. The van der Waals surface area contributed by atoms with E-state index in [0.29, 0.717) is 27.6 Å². The number of nitrogens with zero attached hydrogens (tertiary/aromatic N) is 6. The molecule has 31 heteroatoms. The minimum Gasteiger partial charge on any atom is -0.391 e. The summed E-state index contributed by atoms with van der Waals surface area (Å²) < 4.78 is 82.5. The number of nitrogens with two attached hydrogens (primary N) is 1. The SMILES string of the molecule is C.C.C.CC1=C(CBr)C(=O)OC1=O.CC1=C(CO)C(=O)N(Nc2ccc(C(F)(F)F)c(Cl)n2)C1=O.CC1=C(CO)C(=O)OC1=O.NNc1ccc(C(F)(F)F)c(Cl)n1.[K+].[N-]=NNN=O. The van der Waals surface area contributed by atoms with Crippen molar-refractivity contribution in [2.45, 2.75) is 55.4 Å². The molecule has 5 heterocycles. The van der Waals surface area contributed by atoms with Crippen molar-refractivity contribution < 1.29 is 126 Å². The van der Waals surface area contributed by atoms with E-state index in [1.165, 1.54) is 19.4 Å². The van der Waals surface area contributed by atoms with Crippen LogP contribution in [0.15, 0.2) is 68.2 Å². The number of amides is 2. The number of nitrogens with one attached hydrogen (secondary N) is 3. The van der Waals surface area contributed by atoms with Crippen LogP contribution in [0.4, 0.5) is 38.0 Å². The maximum absolute atomic E-state index is 12.6. The van der Waals surface area contributed by atoms with Crippen molar-refractivity contribution in [3.63, 3.8) is 0 Å². The largest absolute Gasteiger partial charge is 1.00 e. The number of hydrogen-bond acceptors (Lipinski definition) is 18. The third-order valence-electron chi connectivity index (χ3n) is 7.04. The first-order valence-electron chi connectivity index (χ1n) is 15.3. The van der Waals surface area contributed by atoms with Gasteiger partial charge >= 0.3 is 87.6 Å². The monoisotopic (exact) mass is 1050 g/mol. The van der Waals surface area contributed by atoms with Crippen LogP contribution in [0.25, 0.3) is 5.53 Å². The van der Waals surface area contributed by atoms with Crippen LogP contribution in [-0.2, 0) is 50.6 Å². The number of nitroso groups, excluding NO2 is 1. The molecule has 0 saturated heterocycles. The van der Waals surface area contributed by atoms with Crippen molar-refractivity contribution in [1.29, 1.82) is 0 Å². The van der Waals surface area contributed by atoms with Crippen LogP contribution in [-0.4, -0.2) is 79.4 Å². The molecule has 0 atom stereocenters. The molecule has 2 aromatic rings.